The summed E-state index contributed by atoms with van der Waals surface area (Å²) >= 11 is 0. The van der Waals surface area contributed by atoms with Crippen molar-refractivity contribution in [3.8, 4) is 0 Å². The molecule has 3 aliphatic heterocycles. The molecule has 210 valence electrons. The van der Waals surface area contributed by atoms with Crippen molar-refractivity contribution in [2.24, 2.45) is 11.8 Å². The molecule has 1 N–H and O–H groups in total. The second-order valence-corrected chi connectivity index (χ2v) is 10.9. The zero-order valence-electron chi connectivity index (χ0n) is 22.9. The smallest absolute Gasteiger partial charge is 0.249 e. The third kappa shape index (κ3) is 4.55. The van der Waals surface area contributed by atoms with Gasteiger partial charge in [0, 0.05) is 25.3 Å². The van der Waals surface area contributed by atoms with Gasteiger partial charge in [0.15, 0.2) is 0 Å². The number of hydrogen-bond donors (Lipinski definition) is 1. The molecule has 5 rings (SSSR count). The Kier molecular flexibility index (Phi) is 7.92. The van der Waals surface area contributed by atoms with E-state index in [1.807, 2.05) is 60.7 Å². The summed E-state index contributed by atoms with van der Waals surface area (Å²) in [6, 6.07) is 17.4. The average Bonchev–Trinajstić information content (AvgIpc) is 3.63. The van der Waals surface area contributed by atoms with Gasteiger partial charge in [-0.25, -0.2) is 0 Å². The number of amides is 3. The molecular formula is C32H37N3O5. The van der Waals surface area contributed by atoms with Crippen LogP contribution in [-0.2, 0) is 25.7 Å². The van der Waals surface area contributed by atoms with Gasteiger partial charge >= 0.3 is 0 Å². The van der Waals surface area contributed by atoms with Crippen LogP contribution in [0.4, 0.5) is 5.69 Å². The van der Waals surface area contributed by atoms with E-state index in [0.29, 0.717) is 25.1 Å². The number of ether oxygens (including phenoxy) is 1. The SMILES string of the molecule is C=CCN(Cc1ccccc1)C(=O)C1N([C@H](C)CO)C(=O)[C@@H]2[C@@H](C(=O)N(CC=C)c3ccccc3)[C@H]3CCC12O3. The number of likely N-dealkylation sites (tertiary alicyclic amines) is 1. The van der Waals surface area contributed by atoms with Crippen molar-refractivity contribution in [3.63, 3.8) is 0 Å². The second-order valence-electron chi connectivity index (χ2n) is 10.9. The van der Waals surface area contributed by atoms with E-state index in [4.69, 9.17) is 4.74 Å². The minimum atomic E-state index is -1.14. The first kappa shape index (κ1) is 27.8. The van der Waals surface area contributed by atoms with Crippen molar-refractivity contribution in [1.29, 1.82) is 0 Å². The first-order valence-corrected chi connectivity index (χ1v) is 13.9. The Hall–Kier alpha value is -3.75. The predicted octanol–water partition coefficient (Wildman–Crippen LogP) is 3.18. The first-order valence-electron chi connectivity index (χ1n) is 13.9. The molecular weight excluding hydrogens is 506 g/mol. The number of aliphatic hydroxyl groups is 1. The van der Waals surface area contributed by atoms with Crippen LogP contribution in [0.5, 0.6) is 0 Å². The molecule has 6 atom stereocenters. The number of fused-ring (bicyclic) bond motifs is 1. The molecule has 2 aromatic carbocycles. The zero-order chi connectivity index (χ0) is 28.4. The van der Waals surface area contributed by atoms with Crippen LogP contribution in [0.1, 0.15) is 25.3 Å². The number of para-hydroxylation sites is 1. The van der Waals surface area contributed by atoms with Crippen molar-refractivity contribution in [3.05, 3.63) is 91.5 Å². The van der Waals surface area contributed by atoms with E-state index in [1.54, 1.807) is 28.9 Å². The summed E-state index contributed by atoms with van der Waals surface area (Å²) in [7, 11) is 0. The van der Waals surface area contributed by atoms with Crippen LogP contribution in [0.25, 0.3) is 0 Å². The van der Waals surface area contributed by atoms with E-state index in [9.17, 15) is 19.5 Å². The highest BCUT2D eigenvalue weighted by Gasteiger charge is 2.75. The van der Waals surface area contributed by atoms with Crippen molar-refractivity contribution < 1.29 is 24.2 Å². The predicted molar refractivity (Wildman–Crippen MR) is 152 cm³/mol. The lowest BCUT2D eigenvalue weighted by Gasteiger charge is -2.38. The number of aliphatic hydroxyl groups excluding tert-OH is 1. The molecule has 3 amide bonds. The molecule has 2 aromatic rings. The number of benzene rings is 2. The molecule has 2 unspecified atom stereocenters. The Balaban J connectivity index is 1.53. The van der Waals surface area contributed by atoms with Gasteiger partial charge < -0.3 is 24.5 Å². The van der Waals surface area contributed by atoms with Crippen LogP contribution in [0.3, 0.4) is 0 Å². The number of hydrogen-bond acceptors (Lipinski definition) is 5. The fourth-order valence-electron chi connectivity index (χ4n) is 6.82. The fraction of sp³-hybridized carbons (Fsp3) is 0.406. The zero-order valence-corrected chi connectivity index (χ0v) is 22.9. The van der Waals surface area contributed by atoms with Crippen molar-refractivity contribution in [2.45, 2.75) is 50.1 Å². The molecule has 3 aliphatic rings. The van der Waals surface area contributed by atoms with Crippen LogP contribution in [-0.4, -0.2) is 76.1 Å². The van der Waals surface area contributed by atoms with Crippen LogP contribution < -0.4 is 4.90 Å². The molecule has 0 aliphatic carbocycles. The lowest BCUT2D eigenvalue weighted by molar-refractivity contribution is -0.150. The highest BCUT2D eigenvalue weighted by molar-refractivity contribution is 6.03. The maximum absolute atomic E-state index is 14.4. The molecule has 0 radical (unpaired) electrons. The minimum absolute atomic E-state index is 0.215. The summed E-state index contributed by atoms with van der Waals surface area (Å²) in [5.74, 6) is -2.35. The van der Waals surface area contributed by atoms with Crippen molar-refractivity contribution in [1.82, 2.24) is 9.80 Å². The summed E-state index contributed by atoms with van der Waals surface area (Å²) in [6.07, 6.45) is 3.92. The van der Waals surface area contributed by atoms with Crippen molar-refractivity contribution in [2.75, 3.05) is 24.6 Å². The summed E-state index contributed by atoms with van der Waals surface area (Å²) in [4.78, 5) is 47.6. The largest absolute Gasteiger partial charge is 0.394 e. The number of carbonyl (C=O) groups is 3. The molecule has 0 saturated carbocycles. The topological polar surface area (TPSA) is 90.4 Å². The summed E-state index contributed by atoms with van der Waals surface area (Å²) in [5, 5.41) is 10.1. The quantitative estimate of drug-likeness (QED) is 0.440. The lowest BCUT2D eigenvalue weighted by atomic mass is 9.70. The van der Waals surface area contributed by atoms with Gasteiger partial charge in [-0.2, -0.15) is 0 Å². The Morgan fingerprint density at radius 2 is 1.73 bits per heavy atom. The first-order chi connectivity index (χ1) is 19.4. The highest BCUT2D eigenvalue weighted by Crippen LogP contribution is 2.59. The number of carbonyl (C=O) groups excluding carboxylic acids is 3. The van der Waals surface area contributed by atoms with Crippen LogP contribution in [0.2, 0.25) is 0 Å². The minimum Gasteiger partial charge on any atom is -0.394 e. The van der Waals surface area contributed by atoms with Gasteiger partial charge in [-0.3, -0.25) is 14.4 Å². The number of rotatable bonds is 11. The van der Waals surface area contributed by atoms with Crippen LogP contribution in [0, 0.1) is 11.8 Å². The van der Waals surface area contributed by atoms with E-state index in [-0.39, 0.29) is 37.4 Å². The lowest BCUT2D eigenvalue weighted by Crippen LogP contribution is -2.58. The fourth-order valence-corrected chi connectivity index (χ4v) is 6.82. The molecule has 40 heavy (non-hydrogen) atoms. The highest BCUT2D eigenvalue weighted by atomic mass is 16.5. The Bertz CT molecular complexity index is 1270. The van der Waals surface area contributed by atoms with Gasteiger partial charge in [0.1, 0.15) is 11.6 Å². The molecule has 1 spiro atoms. The van der Waals surface area contributed by atoms with Gasteiger partial charge in [0.2, 0.25) is 17.7 Å². The summed E-state index contributed by atoms with van der Waals surface area (Å²) in [5.41, 5.74) is 0.517. The van der Waals surface area contributed by atoms with Gasteiger partial charge in [-0.05, 0) is 37.5 Å². The van der Waals surface area contributed by atoms with Crippen LogP contribution >= 0.6 is 0 Å². The molecule has 2 bridgehead atoms. The maximum atomic E-state index is 14.4. The molecule has 8 nitrogen and oxygen atoms in total. The Morgan fingerprint density at radius 3 is 2.35 bits per heavy atom. The summed E-state index contributed by atoms with van der Waals surface area (Å²) in [6.45, 7) is 9.99. The number of anilines is 1. The third-order valence-electron chi connectivity index (χ3n) is 8.52. The van der Waals surface area contributed by atoms with Gasteiger partial charge in [-0.15, -0.1) is 13.2 Å². The molecule has 3 saturated heterocycles. The van der Waals surface area contributed by atoms with E-state index in [1.165, 1.54) is 4.90 Å². The average molecular weight is 544 g/mol. The standard InChI is InChI=1S/C32H37N3O5/c1-4-18-33(20-23-12-8-6-9-13-23)31(39)28-32-17-16-25(40-32)26(27(32)30(38)35(28)22(3)21-36)29(37)34(19-5-2)24-14-10-7-11-15-24/h4-15,22,25-28,36H,1-2,16-21H2,3H3/t22-,25-,26+,27+,28?,32?/m1/s1. The van der Waals surface area contributed by atoms with Gasteiger partial charge in [0.25, 0.3) is 0 Å². The summed E-state index contributed by atoms with van der Waals surface area (Å²) < 4.78 is 6.60. The van der Waals surface area contributed by atoms with E-state index < -0.39 is 35.6 Å². The maximum Gasteiger partial charge on any atom is 0.249 e. The molecule has 0 aromatic heterocycles. The molecule has 8 heteroatoms. The number of nitrogens with zero attached hydrogens (tertiary/aromatic N) is 3. The molecule has 3 heterocycles. The monoisotopic (exact) mass is 543 g/mol. The van der Waals surface area contributed by atoms with Crippen LogP contribution in [0.15, 0.2) is 86.0 Å². The second kappa shape index (κ2) is 11.4. The van der Waals surface area contributed by atoms with E-state index in [0.717, 1.165) is 5.56 Å². The van der Waals surface area contributed by atoms with Gasteiger partial charge in [0.05, 0.1) is 30.6 Å². The van der Waals surface area contributed by atoms with E-state index >= 15 is 0 Å². The Labute approximate surface area is 235 Å². The Morgan fingerprint density at radius 1 is 1.07 bits per heavy atom. The van der Waals surface area contributed by atoms with Crippen molar-refractivity contribution >= 4 is 23.4 Å². The normalized spacial score (nSPS) is 27.2. The molecule has 3 fully saturated rings. The third-order valence-corrected chi connectivity index (χ3v) is 8.52. The van der Waals surface area contributed by atoms with Gasteiger partial charge in [-0.1, -0.05) is 60.7 Å². The van der Waals surface area contributed by atoms with E-state index in [2.05, 4.69) is 13.2 Å².